The fraction of sp³-hybridized carbons (Fsp3) is 0.364. The minimum Gasteiger partial charge on any atom is -0.445 e. The van der Waals surface area contributed by atoms with Gasteiger partial charge in [0.2, 0.25) is 0 Å². The molecule has 3 amide bonds. The fourth-order valence-electron chi connectivity index (χ4n) is 4.65. The Bertz CT molecular complexity index is 1340. The van der Waals surface area contributed by atoms with Crippen LogP contribution in [0.3, 0.4) is 0 Å². The highest BCUT2D eigenvalue weighted by molar-refractivity contribution is 6.74. The topological polar surface area (TPSA) is 76.2 Å². The van der Waals surface area contributed by atoms with E-state index in [-0.39, 0.29) is 36.6 Å². The smallest absolute Gasteiger partial charge is 0.410 e. The molecule has 0 aliphatic carbocycles. The Balaban J connectivity index is 1.70. The second-order valence-corrected chi connectivity index (χ2v) is 16.9. The number of amides is 3. The highest BCUT2D eigenvalue weighted by Gasteiger charge is 2.45. The van der Waals surface area contributed by atoms with E-state index in [9.17, 15) is 14.4 Å². The van der Waals surface area contributed by atoms with E-state index in [4.69, 9.17) is 9.16 Å². The molecule has 7 nitrogen and oxygen atoms in total. The van der Waals surface area contributed by atoms with Gasteiger partial charge in [0, 0.05) is 6.54 Å². The monoisotopic (exact) mass is 572 g/mol. The number of hydrogen-bond acceptors (Lipinski definition) is 5. The van der Waals surface area contributed by atoms with Crippen LogP contribution in [0.5, 0.6) is 0 Å². The van der Waals surface area contributed by atoms with Crippen molar-refractivity contribution in [2.24, 2.45) is 0 Å². The van der Waals surface area contributed by atoms with Crippen molar-refractivity contribution in [2.75, 3.05) is 6.61 Å². The predicted molar refractivity (Wildman–Crippen MR) is 162 cm³/mol. The summed E-state index contributed by atoms with van der Waals surface area (Å²) in [5.41, 5.74) is 2.50. The normalized spacial score (nSPS) is 14.9. The van der Waals surface area contributed by atoms with Gasteiger partial charge in [0.25, 0.3) is 11.8 Å². The first-order valence-electron chi connectivity index (χ1n) is 14.0. The molecular formula is C33H40N2O5Si. The van der Waals surface area contributed by atoms with Gasteiger partial charge in [0.1, 0.15) is 6.61 Å². The predicted octanol–water partition coefficient (Wildman–Crippen LogP) is 6.90. The van der Waals surface area contributed by atoms with Gasteiger partial charge < -0.3 is 9.16 Å². The van der Waals surface area contributed by atoms with Gasteiger partial charge >= 0.3 is 6.09 Å². The summed E-state index contributed by atoms with van der Waals surface area (Å²) in [6.07, 6.45) is -0.537. The maximum atomic E-state index is 13.9. The van der Waals surface area contributed by atoms with Crippen molar-refractivity contribution >= 4 is 26.2 Å². The average Bonchev–Trinajstić information content (AvgIpc) is 3.21. The zero-order chi connectivity index (χ0) is 29.8. The lowest BCUT2D eigenvalue weighted by molar-refractivity contribution is 0.0255. The Labute approximate surface area is 244 Å². The summed E-state index contributed by atoms with van der Waals surface area (Å²) in [6.45, 7) is 13.0. The highest BCUT2D eigenvalue weighted by atomic mass is 28.4. The Hall–Kier alpha value is -3.75. The third-order valence-corrected chi connectivity index (χ3v) is 12.7. The van der Waals surface area contributed by atoms with E-state index in [0.29, 0.717) is 11.1 Å². The minimum atomic E-state index is -2.26. The van der Waals surface area contributed by atoms with Gasteiger partial charge in [-0.15, -0.1) is 0 Å². The average molecular weight is 573 g/mol. The summed E-state index contributed by atoms with van der Waals surface area (Å²) in [4.78, 5) is 43.8. The Morgan fingerprint density at radius 1 is 0.829 bits per heavy atom. The number of imide groups is 1. The number of benzene rings is 3. The van der Waals surface area contributed by atoms with Crippen molar-refractivity contribution in [3.63, 3.8) is 0 Å². The van der Waals surface area contributed by atoms with Gasteiger partial charge in [-0.25, -0.2) is 4.79 Å². The summed E-state index contributed by atoms with van der Waals surface area (Å²) in [5, 5.41) is -0.0750. The molecule has 0 N–H and O–H groups in total. The van der Waals surface area contributed by atoms with Crippen LogP contribution in [0.2, 0.25) is 18.1 Å². The van der Waals surface area contributed by atoms with Crippen molar-refractivity contribution in [2.45, 2.75) is 71.1 Å². The highest BCUT2D eigenvalue weighted by Crippen LogP contribution is 2.37. The molecule has 2 atom stereocenters. The van der Waals surface area contributed by atoms with Crippen molar-refractivity contribution < 1.29 is 23.5 Å². The molecule has 8 heteroatoms. The van der Waals surface area contributed by atoms with Crippen molar-refractivity contribution in [3.8, 4) is 0 Å². The SMILES string of the molecule is CC(C(CO[Si](C)(C)C(C)(C)C)N(Cc1ccccc1)C(=O)OCc1ccccc1)N1C(=O)c2ccccc2C1=O. The largest absolute Gasteiger partial charge is 0.445 e. The van der Waals surface area contributed by atoms with Crippen LogP contribution in [0.25, 0.3) is 0 Å². The first-order chi connectivity index (χ1) is 19.4. The number of fused-ring (bicyclic) bond motifs is 1. The van der Waals surface area contributed by atoms with Crippen molar-refractivity contribution in [1.29, 1.82) is 0 Å². The second-order valence-electron chi connectivity index (χ2n) is 12.1. The van der Waals surface area contributed by atoms with Crippen LogP contribution >= 0.6 is 0 Å². The molecule has 1 aliphatic heterocycles. The zero-order valence-corrected chi connectivity index (χ0v) is 25.8. The van der Waals surface area contributed by atoms with Gasteiger partial charge in [-0.2, -0.15) is 0 Å². The van der Waals surface area contributed by atoms with E-state index in [2.05, 4.69) is 33.9 Å². The standard InChI is InChI=1S/C33H40N2O5Si/c1-24(35-30(36)27-19-13-14-20-28(27)31(35)37)29(23-40-41(5,6)33(2,3)4)34(21-25-15-9-7-10-16-25)32(38)39-22-26-17-11-8-12-18-26/h7-20,24,29H,21-23H2,1-6H3. The maximum absolute atomic E-state index is 13.9. The molecular weight excluding hydrogens is 532 g/mol. The molecule has 216 valence electrons. The number of hydrogen-bond donors (Lipinski definition) is 0. The van der Waals surface area contributed by atoms with E-state index in [0.717, 1.165) is 11.1 Å². The summed E-state index contributed by atoms with van der Waals surface area (Å²) in [6, 6.07) is 24.6. The van der Waals surface area contributed by atoms with E-state index < -0.39 is 26.5 Å². The zero-order valence-electron chi connectivity index (χ0n) is 24.8. The summed E-state index contributed by atoms with van der Waals surface area (Å²) >= 11 is 0. The second kappa shape index (κ2) is 12.4. The molecule has 1 heterocycles. The first kappa shape index (κ1) is 30.2. The number of rotatable bonds is 10. The summed E-state index contributed by atoms with van der Waals surface area (Å²) in [5.74, 6) is -0.736. The van der Waals surface area contributed by atoms with E-state index >= 15 is 0 Å². The third-order valence-electron chi connectivity index (χ3n) is 8.25. The molecule has 0 aromatic heterocycles. The van der Waals surface area contributed by atoms with Crippen LogP contribution < -0.4 is 0 Å². The number of ether oxygens (including phenoxy) is 1. The molecule has 0 fully saturated rings. The van der Waals surface area contributed by atoms with E-state index in [1.54, 1.807) is 29.2 Å². The molecule has 0 spiro atoms. The molecule has 0 radical (unpaired) electrons. The van der Waals surface area contributed by atoms with Crippen LogP contribution in [-0.4, -0.2) is 54.7 Å². The molecule has 0 saturated heterocycles. The Morgan fingerprint density at radius 2 is 1.32 bits per heavy atom. The van der Waals surface area contributed by atoms with Crippen LogP contribution in [0.4, 0.5) is 4.79 Å². The van der Waals surface area contributed by atoms with E-state index in [1.807, 2.05) is 67.6 Å². The summed E-state index contributed by atoms with van der Waals surface area (Å²) < 4.78 is 12.5. The lowest BCUT2D eigenvalue weighted by atomic mass is 10.1. The van der Waals surface area contributed by atoms with Gasteiger partial charge in [-0.1, -0.05) is 93.6 Å². The number of nitrogens with zero attached hydrogens (tertiary/aromatic N) is 2. The molecule has 4 rings (SSSR count). The summed E-state index contributed by atoms with van der Waals surface area (Å²) in [7, 11) is -2.26. The van der Waals surface area contributed by atoms with Crippen molar-refractivity contribution in [3.05, 3.63) is 107 Å². The van der Waals surface area contributed by atoms with Crippen LogP contribution in [0.1, 0.15) is 59.5 Å². The fourth-order valence-corrected chi connectivity index (χ4v) is 5.67. The molecule has 0 bridgehead atoms. The van der Waals surface area contributed by atoms with Crippen LogP contribution in [0.15, 0.2) is 84.9 Å². The van der Waals surface area contributed by atoms with Gasteiger partial charge in [-0.05, 0) is 48.3 Å². The quantitative estimate of drug-likeness (QED) is 0.195. The first-order valence-corrected chi connectivity index (χ1v) is 16.9. The number of carbonyl (C=O) groups is 3. The lowest BCUT2D eigenvalue weighted by Gasteiger charge is -2.42. The van der Waals surface area contributed by atoms with Crippen LogP contribution in [0, 0.1) is 0 Å². The third kappa shape index (κ3) is 6.77. The lowest BCUT2D eigenvalue weighted by Crippen LogP contribution is -2.57. The Morgan fingerprint density at radius 3 is 1.83 bits per heavy atom. The maximum Gasteiger partial charge on any atom is 0.410 e. The van der Waals surface area contributed by atoms with Gasteiger partial charge in [0.15, 0.2) is 8.32 Å². The molecule has 2 unspecified atom stereocenters. The molecule has 3 aromatic carbocycles. The number of carbonyl (C=O) groups excluding carboxylic acids is 3. The Kier molecular flexibility index (Phi) is 9.14. The van der Waals surface area contributed by atoms with Gasteiger partial charge in [-0.3, -0.25) is 19.4 Å². The molecule has 1 aliphatic rings. The molecule has 0 saturated carbocycles. The van der Waals surface area contributed by atoms with Crippen LogP contribution in [-0.2, 0) is 22.3 Å². The minimum absolute atomic E-state index is 0.0750. The van der Waals surface area contributed by atoms with Crippen molar-refractivity contribution in [1.82, 2.24) is 9.80 Å². The molecule has 41 heavy (non-hydrogen) atoms. The van der Waals surface area contributed by atoms with E-state index in [1.165, 1.54) is 4.90 Å². The van der Waals surface area contributed by atoms with Gasteiger partial charge in [0.05, 0.1) is 29.8 Å². The molecule has 3 aromatic rings.